The lowest BCUT2D eigenvalue weighted by molar-refractivity contribution is -0.143. The van der Waals surface area contributed by atoms with Crippen molar-refractivity contribution in [3.63, 3.8) is 0 Å². The first-order valence-corrected chi connectivity index (χ1v) is 5.78. The molecule has 17 heavy (non-hydrogen) atoms. The fraction of sp³-hybridized carbons (Fsp3) is 0.462. The third-order valence-electron chi connectivity index (χ3n) is 2.26. The van der Waals surface area contributed by atoms with Crippen LogP contribution in [0.4, 0.5) is 5.69 Å². The number of hydrogen-bond acceptors (Lipinski definition) is 4. The number of anilines is 1. The molecule has 0 aliphatic rings. The molecule has 4 nitrogen and oxygen atoms in total. The van der Waals surface area contributed by atoms with Crippen molar-refractivity contribution in [1.82, 2.24) is 0 Å². The van der Waals surface area contributed by atoms with Crippen LogP contribution in [0.5, 0.6) is 5.75 Å². The maximum Gasteiger partial charge on any atom is 0.305 e. The zero-order chi connectivity index (χ0) is 12.7. The van der Waals surface area contributed by atoms with E-state index in [0.29, 0.717) is 37.5 Å². The van der Waals surface area contributed by atoms with Crippen LogP contribution < -0.4 is 10.5 Å². The average Bonchev–Trinajstić information content (AvgIpc) is 2.29. The third kappa shape index (κ3) is 4.76. The lowest BCUT2D eigenvalue weighted by Crippen LogP contribution is -2.07. The predicted octanol–water partition coefficient (Wildman–Crippen LogP) is 2.30. The molecule has 0 radical (unpaired) electrons. The van der Waals surface area contributed by atoms with Gasteiger partial charge in [-0.2, -0.15) is 0 Å². The van der Waals surface area contributed by atoms with Crippen molar-refractivity contribution in [2.24, 2.45) is 0 Å². The van der Waals surface area contributed by atoms with Crippen LogP contribution in [0.25, 0.3) is 0 Å². The first-order valence-electron chi connectivity index (χ1n) is 5.78. The first kappa shape index (κ1) is 13.4. The lowest BCUT2D eigenvalue weighted by Gasteiger charge is -2.09. The van der Waals surface area contributed by atoms with Gasteiger partial charge in [0, 0.05) is 6.42 Å². The number of nitrogens with two attached hydrogens (primary N) is 1. The molecule has 2 N–H and O–H groups in total. The van der Waals surface area contributed by atoms with Gasteiger partial charge in [0.05, 0.1) is 18.9 Å². The summed E-state index contributed by atoms with van der Waals surface area (Å²) in [5, 5.41) is 0. The minimum absolute atomic E-state index is 0.187. The zero-order valence-electron chi connectivity index (χ0n) is 10.4. The highest BCUT2D eigenvalue weighted by atomic mass is 16.5. The van der Waals surface area contributed by atoms with Gasteiger partial charge in [0.1, 0.15) is 5.75 Å². The lowest BCUT2D eigenvalue weighted by atomic mass is 10.2. The number of ether oxygens (including phenoxy) is 2. The Morgan fingerprint density at radius 1 is 1.41 bits per heavy atom. The Kier molecular flexibility index (Phi) is 5.33. The molecule has 0 amide bonds. The van der Waals surface area contributed by atoms with Crippen LogP contribution in [0.2, 0.25) is 0 Å². The highest BCUT2D eigenvalue weighted by Crippen LogP contribution is 2.22. The summed E-state index contributed by atoms with van der Waals surface area (Å²) >= 11 is 0. The van der Waals surface area contributed by atoms with Gasteiger partial charge in [-0.25, -0.2) is 0 Å². The van der Waals surface area contributed by atoms with Gasteiger partial charge in [0.15, 0.2) is 0 Å². The number of esters is 1. The van der Waals surface area contributed by atoms with Gasteiger partial charge in [-0.15, -0.1) is 0 Å². The van der Waals surface area contributed by atoms with Gasteiger partial charge in [0.2, 0.25) is 0 Å². The van der Waals surface area contributed by atoms with E-state index in [4.69, 9.17) is 15.2 Å². The van der Waals surface area contributed by atoms with Crippen molar-refractivity contribution in [3.05, 3.63) is 23.8 Å². The quantitative estimate of drug-likeness (QED) is 0.468. The number of rotatable bonds is 6. The number of aryl methyl sites for hydroxylation is 1. The largest absolute Gasteiger partial charge is 0.491 e. The van der Waals surface area contributed by atoms with E-state index in [1.165, 1.54) is 0 Å². The van der Waals surface area contributed by atoms with Crippen molar-refractivity contribution < 1.29 is 14.3 Å². The molecule has 0 saturated heterocycles. The van der Waals surface area contributed by atoms with Crippen molar-refractivity contribution >= 4 is 11.7 Å². The second-order valence-corrected chi connectivity index (χ2v) is 3.80. The molecule has 0 bridgehead atoms. The van der Waals surface area contributed by atoms with E-state index in [0.717, 1.165) is 5.56 Å². The van der Waals surface area contributed by atoms with Crippen LogP contribution in [-0.4, -0.2) is 19.2 Å². The molecule has 1 rings (SSSR count). The Labute approximate surface area is 102 Å². The van der Waals surface area contributed by atoms with Crippen molar-refractivity contribution in [2.45, 2.75) is 26.7 Å². The minimum atomic E-state index is -0.187. The molecule has 0 unspecified atom stereocenters. The monoisotopic (exact) mass is 237 g/mol. The van der Waals surface area contributed by atoms with E-state index in [2.05, 4.69) is 0 Å². The molecule has 1 aromatic carbocycles. The van der Waals surface area contributed by atoms with E-state index < -0.39 is 0 Å². The van der Waals surface area contributed by atoms with Crippen LogP contribution in [-0.2, 0) is 9.53 Å². The second-order valence-electron chi connectivity index (χ2n) is 3.80. The Morgan fingerprint density at radius 3 is 2.88 bits per heavy atom. The molecule has 1 aromatic rings. The Balaban J connectivity index is 2.31. The fourth-order valence-electron chi connectivity index (χ4n) is 1.40. The van der Waals surface area contributed by atoms with E-state index in [9.17, 15) is 4.79 Å². The normalized spacial score (nSPS) is 10.0. The summed E-state index contributed by atoms with van der Waals surface area (Å²) < 4.78 is 10.3. The van der Waals surface area contributed by atoms with E-state index in [-0.39, 0.29) is 5.97 Å². The topological polar surface area (TPSA) is 61.5 Å². The molecular weight excluding hydrogens is 218 g/mol. The van der Waals surface area contributed by atoms with Crippen molar-refractivity contribution in [1.29, 1.82) is 0 Å². The second kappa shape index (κ2) is 6.78. The maximum atomic E-state index is 11.1. The molecule has 4 heteroatoms. The molecule has 0 spiro atoms. The van der Waals surface area contributed by atoms with Crippen molar-refractivity contribution in [3.8, 4) is 5.75 Å². The summed E-state index contributed by atoms with van der Waals surface area (Å²) in [6, 6.07) is 5.64. The van der Waals surface area contributed by atoms with Crippen LogP contribution in [0.3, 0.4) is 0 Å². The minimum Gasteiger partial charge on any atom is -0.491 e. The van der Waals surface area contributed by atoms with Crippen LogP contribution in [0, 0.1) is 6.92 Å². The fourth-order valence-corrected chi connectivity index (χ4v) is 1.40. The Bertz CT molecular complexity index is 377. The van der Waals surface area contributed by atoms with E-state index >= 15 is 0 Å². The number of nitrogen functional groups attached to an aromatic ring is 1. The summed E-state index contributed by atoms with van der Waals surface area (Å²) in [7, 11) is 0. The highest BCUT2D eigenvalue weighted by Gasteiger charge is 2.03. The van der Waals surface area contributed by atoms with Gasteiger partial charge in [-0.05, 0) is 38.0 Å². The standard InChI is InChI=1S/C13H19NO3/c1-3-16-13(15)5-4-8-17-12-9-10(2)6-7-11(12)14/h6-7,9H,3-5,8,14H2,1-2H3. The first-order chi connectivity index (χ1) is 8.13. The molecule has 0 saturated carbocycles. The zero-order valence-corrected chi connectivity index (χ0v) is 10.4. The summed E-state index contributed by atoms with van der Waals surface area (Å²) in [6.45, 7) is 4.66. The molecule has 0 atom stereocenters. The summed E-state index contributed by atoms with van der Waals surface area (Å²) in [6.07, 6.45) is 1.01. The van der Waals surface area contributed by atoms with Gasteiger partial charge >= 0.3 is 5.97 Å². The molecule has 0 aliphatic carbocycles. The predicted molar refractivity (Wildman–Crippen MR) is 67.0 cm³/mol. The molecule has 0 aliphatic heterocycles. The van der Waals surface area contributed by atoms with Crippen LogP contribution in [0.1, 0.15) is 25.3 Å². The number of hydrogen-bond donors (Lipinski definition) is 1. The molecule has 94 valence electrons. The van der Waals surface area contributed by atoms with E-state index in [1.54, 1.807) is 6.92 Å². The average molecular weight is 237 g/mol. The number of carbonyl (C=O) groups is 1. The van der Waals surface area contributed by atoms with Gasteiger partial charge in [-0.3, -0.25) is 4.79 Å². The summed E-state index contributed by atoms with van der Waals surface area (Å²) in [4.78, 5) is 11.1. The summed E-state index contributed by atoms with van der Waals surface area (Å²) in [5.41, 5.74) is 7.48. The Hall–Kier alpha value is -1.71. The number of benzene rings is 1. The smallest absolute Gasteiger partial charge is 0.305 e. The highest BCUT2D eigenvalue weighted by molar-refractivity contribution is 5.69. The van der Waals surface area contributed by atoms with Gasteiger partial charge in [-0.1, -0.05) is 6.07 Å². The molecule has 0 fully saturated rings. The Morgan fingerprint density at radius 2 is 2.18 bits per heavy atom. The maximum absolute atomic E-state index is 11.1. The van der Waals surface area contributed by atoms with Crippen LogP contribution >= 0.6 is 0 Å². The molecular formula is C13H19NO3. The van der Waals surface area contributed by atoms with Gasteiger partial charge in [0.25, 0.3) is 0 Å². The number of carbonyl (C=O) groups excluding carboxylic acids is 1. The van der Waals surface area contributed by atoms with E-state index in [1.807, 2.05) is 25.1 Å². The molecule has 0 aromatic heterocycles. The molecule has 0 heterocycles. The van der Waals surface area contributed by atoms with Crippen molar-refractivity contribution in [2.75, 3.05) is 18.9 Å². The SMILES string of the molecule is CCOC(=O)CCCOc1cc(C)ccc1N. The summed E-state index contributed by atoms with van der Waals surface area (Å²) in [5.74, 6) is 0.488. The van der Waals surface area contributed by atoms with Crippen LogP contribution in [0.15, 0.2) is 18.2 Å². The van der Waals surface area contributed by atoms with Gasteiger partial charge < -0.3 is 15.2 Å². The third-order valence-corrected chi connectivity index (χ3v) is 2.26.